The SMILES string of the molecule is NCc1ccccc1C=CCCNC(=O)OCc1ccccc1. The summed E-state index contributed by atoms with van der Waals surface area (Å²) in [7, 11) is 0. The molecule has 120 valence electrons. The van der Waals surface area contributed by atoms with Crippen molar-refractivity contribution in [2.24, 2.45) is 5.73 Å². The molecule has 0 radical (unpaired) electrons. The summed E-state index contributed by atoms with van der Waals surface area (Å²) in [5.41, 5.74) is 8.89. The second-order valence-corrected chi connectivity index (χ2v) is 5.08. The summed E-state index contributed by atoms with van der Waals surface area (Å²) in [4.78, 5) is 11.6. The molecule has 0 bridgehead atoms. The fraction of sp³-hybridized carbons (Fsp3) is 0.211. The van der Waals surface area contributed by atoms with Crippen molar-refractivity contribution in [1.82, 2.24) is 5.32 Å². The van der Waals surface area contributed by atoms with Crippen LogP contribution in [0, 0.1) is 0 Å². The Bertz CT molecular complexity index is 639. The van der Waals surface area contributed by atoms with E-state index in [9.17, 15) is 4.79 Å². The van der Waals surface area contributed by atoms with E-state index >= 15 is 0 Å². The van der Waals surface area contributed by atoms with Crippen molar-refractivity contribution in [3.63, 3.8) is 0 Å². The molecular weight excluding hydrogens is 288 g/mol. The molecule has 0 unspecified atom stereocenters. The number of hydrogen-bond donors (Lipinski definition) is 2. The summed E-state index contributed by atoms with van der Waals surface area (Å²) in [6, 6.07) is 17.6. The summed E-state index contributed by atoms with van der Waals surface area (Å²) >= 11 is 0. The smallest absolute Gasteiger partial charge is 0.407 e. The van der Waals surface area contributed by atoms with Crippen LogP contribution in [0.5, 0.6) is 0 Å². The molecule has 2 rings (SSSR count). The highest BCUT2D eigenvalue weighted by molar-refractivity contribution is 5.67. The molecule has 0 heterocycles. The third-order valence-electron chi connectivity index (χ3n) is 3.37. The van der Waals surface area contributed by atoms with Crippen LogP contribution in [0.3, 0.4) is 0 Å². The van der Waals surface area contributed by atoms with Gasteiger partial charge in [-0.25, -0.2) is 4.79 Å². The van der Waals surface area contributed by atoms with Gasteiger partial charge in [0.2, 0.25) is 0 Å². The van der Waals surface area contributed by atoms with Gasteiger partial charge in [-0.1, -0.05) is 66.7 Å². The predicted molar refractivity (Wildman–Crippen MR) is 92.6 cm³/mol. The van der Waals surface area contributed by atoms with Crippen LogP contribution in [0.25, 0.3) is 6.08 Å². The van der Waals surface area contributed by atoms with Gasteiger partial charge in [0.05, 0.1) is 0 Å². The standard InChI is InChI=1S/C19H22N2O2/c20-14-18-12-5-4-10-17(18)11-6-7-13-21-19(22)23-15-16-8-2-1-3-9-16/h1-6,8-12H,7,13-15,20H2,(H,21,22). The van der Waals surface area contributed by atoms with Crippen LogP contribution in [0.2, 0.25) is 0 Å². The van der Waals surface area contributed by atoms with Crippen LogP contribution in [-0.2, 0) is 17.9 Å². The quantitative estimate of drug-likeness (QED) is 0.770. The molecule has 0 aromatic heterocycles. The van der Waals surface area contributed by atoms with Crippen molar-refractivity contribution >= 4 is 12.2 Å². The fourth-order valence-corrected chi connectivity index (χ4v) is 2.12. The number of ether oxygens (including phenoxy) is 1. The van der Waals surface area contributed by atoms with E-state index in [4.69, 9.17) is 10.5 Å². The van der Waals surface area contributed by atoms with Gasteiger partial charge in [0.1, 0.15) is 6.61 Å². The molecule has 0 aliphatic carbocycles. The molecule has 0 aliphatic rings. The molecule has 0 saturated carbocycles. The van der Waals surface area contributed by atoms with E-state index in [0.717, 1.165) is 23.1 Å². The normalized spacial score (nSPS) is 10.7. The van der Waals surface area contributed by atoms with Gasteiger partial charge in [0.15, 0.2) is 0 Å². The topological polar surface area (TPSA) is 64.3 Å². The van der Waals surface area contributed by atoms with Crippen molar-refractivity contribution in [2.45, 2.75) is 19.6 Å². The van der Waals surface area contributed by atoms with Crippen LogP contribution in [0.15, 0.2) is 60.7 Å². The third-order valence-corrected chi connectivity index (χ3v) is 3.37. The zero-order valence-electron chi connectivity index (χ0n) is 13.1. The van der Waals surface area contributed by atoms with Gasteiger partial charge < -0.3 is 15.8 Å². The first kappa shape index (κ1) is 16.8. The largest absolute Gasteiger partial charge is 0.445 e. The molecule has 0 fully saturated rings. The Hall–Kier alpha value is -2.59. The van der Waals surface area contributed by atoms with E-state index < -0.39 is 6.09 Å². The lowest BCUT2D eigenvalue weighted by molar-refractivity contribution is 0.140. The molecule has 4 nitrogen and oxygen atoms in total. The van der Waals surface area contributed by atoms with Crippen molar-refractivity contribution < 1.29 is 9.53 Å². The second kappa shape index (κ2) is 9.43. The van der Waals surface area contributed by atoms with Gasteiger partial charge in [0.25, 0.3) is 0 Å². The number of benzene rings is 2. The lowest BCUT2D eigenvalue weighted by Crippen LogP contribution is -2.24. The number of carbonyl (C=O) groups excluding carboxylic acids is 1. The summed E-state index contributed by atoms with van der Waals surface area (Å²) in [6.45, 7) is 1.34. The Morgan fingerprint density at radius 1 is 1.09 bits per heavy atom. The maximum Gasteiger partial charge on any atom is 0.407 e. The number of hydrogen-bond acceptors (Lipinski definition) is 3. The van der Waals surface area contributed by atoms with Gasteiger partial charge in [-0.15, -0.1) is 0 Å². The first-order valence-electron chi connectivity index (χ1n) is 7.68. The maximum absolute atomic E-state index is 11.6. The molecule has 2 aromatic rings. The Balaban J connectivity index is 1.66. The summed E-state index contributed by atoms with van der Waals surface area (Å²) in [6.07, 6.45) is 4.38. The van der Waals surface area contributed by atoms with Crippen LogP contribution in [0.1, 0.15) is 23.1 Å². The molecule has 2 aromatic carbocycles. The van der Waals surface area contributed by atoms with E-state index in [0.29, 0.717) is 13.1 Å². The van der Waals surface area contributed by atoms with Crippen LogP contribution >= 0.6 is 0 Å². The number of rotatable bonds is 7. The Kier molecular flexibility index (Phi) is 6.88. The van der Waals surface area contributed by atoms with Gasteiger partial charge in [-0.3, -0.25) is 0 Å². The zero-order chi connectivity index (χ0) is 16.3. The number of carbonyl (C=O) groups is 1. The van der Waals surface area contributed by atoms with Gasteiger partial charge in [-0.05, 0) is 23.1 Å². The minimum Gasteiger partial charge on any atom is -0.445 e. The van der Waals surface area contributed by atoms with Crippen molar-refractivity contribution in [2.75, 3.05) is 6.54 Å². The average Bonchev–Trinajstić information content (AvgIpc) is 2.61. The monoisotopic (exact) mass is 310 g/mol. The molecular formula is C19H22N2O2. The molecule has 0 spiro atoms. The van der Waals surface area contributed by atoms with E-state index in [1.807, 2.05) is 66.7 Å². The number of nitrogens with one attached hydrogen (secondary N) is 1. The lowest BCUT2D eigenvalue weighted by Gasteiger charge is -2.06. The minimum atomic E-state index is -0.399. The first-order valence-corrected chi connectivity index (χ1v) is 7.68. The highest BCUT2D eigenvalue weighted by atomic mass is 16.5. The van der Waals surface area contributed by atoms with Crippen LogP contribution in [0.4, 0.5) is 4.79 Å². The molecule has 0 aliphatic heterocycles. The zero-order valence-corrected chi connectivity index (χ0v) is 13.1. The van der Waals surface area contributed by atoms with E-state index in [1.165, 1.54) is 0 Å². The van der Waals surface area contributed by atoms with Gasteiger partial charge >= 0.3 is 6.09 Å². The number of amides is 1. The third kappa shape index (κ3) is 5.96. The molecule has 0 atom stereocenters. The van der Waals surface area contributed by atoms with Gasteiger partial charge in [0, 0.05) is 13.1 Å². The second-order valence-electron chi connectivity index (χ2n) is 5.08. The summed E-state index contributed by atoms with van der Waals surface area (Å²) < 4.78 is 5.14. The predicted octanol–water partition coefficient (Wildman–Crippen LogP) is 3.48. The van der Waals surface area contributed by atoms with Gasteiger partial charge in [-0.2, -0.15) is 0 Å². The minimum absolute atomic E-state index is 0.284. The maximum atomic E-state index is 11.6. The van der Waals surface area contributed by atoms with E-state index in [2.05, 4.69) is 5.32 Å². The molecule has 3 N–H and O–H groups in total. The van der Waals surface area contributed by atoms with Crippen molar-refractivity contribution in [1.29, 1.82) is 0 Å². The van der Waals surface area contributed by atoms with E-state index in [-0.39, 0.29) is 6.61 Å². The van der Waals surface area contributed by atoms with Crippen LogP contribution < -0.4 is 11.1 Å². The van der Waals surface area contributed by atoms with Crippen molar-refractivity contribution in [3.8, 4) is 0 Å². The highest BCUT2D eigenvalue weighted by Gasteiger charge is 2.00. The molecule has 0 saturated heterocycles. The number of nitrogens with two attached hydrogens (primary N) is 1. The molecule has 1 amide bonds. The van der Waals surface area contributed by atoms with E-state index in [1.54, 1.807) is 0 Å². The van der Waals surface area contributed by atoms with Crippen LogP contribution in [-0.4, -0.2) is 12.6 Å². The summed E-state index contributed by atoms with van der Waals surface area (Å²) in [5.74, 6) is 0. The first-order chi connectivity index (χ1) is 11.3. The van der Waals surface area contributed by atoms with Crippen molar-refractivity contribution in [3.05, 3.63) is 77.4 Å². The molecule has 23 heavy (non-hydrogen) atoms. The Labute approximate surface area is 137 Å². The summed E-state index contributed by atoms with van der Waals surface area (Å²) in [5, 5.41) is 2.73. The Morgan fingerprint density at radius 3 is 2.61 bits per heavy atom. The highest BCUT2D eigenvalue weighted by Crippen LogP contribution is 2.10. The average molecular weight is 310 g/mol. The number of alkyl carbamates (subject to hydrolysis) is 1. The molecule has 4 heteroatoms. The lowest BCUT2D eigenvalue weighted by atomic mass is 10.1. The fourth-order valence-electron chi connectivity index (χ4n) is 2.12. The Morgan fingerprint density at radius 2 is 1.83 bits per heavy atom.